The molecule has 162 valence electrons. The van der Waals surface area contributed by atoms with E-state index >= 15 is 0 Å². The summed E-state index contributed by atoms with van der Waals surface area (Å²) in [5.74, 6) is -1.12. The Morgan fingerprint density at radius 3 is 2.53 bits per heavy atom. The number of nitrogens with one attached hydrogen (secondary N) is 1. The number of carbonyl (C=O) groups excluding carboxylic acids is 2. The molecular weight excluding hydrogens is 448 g/mol. The first-order valence-corrected chi connectivity index (χ1v) is 12.4. The van der Waals surface area contributed by atoms with Crippen LogP contribution in [0.2, 0.25) is 5.02 Å². The van der Waals surface area contributed by atoms with Crippen LogP contribution in [-0.4, -0.2) is 44.3 Å². The molecule has 1 saturated heterocycles. The van der Waals surface area contributed by atoms with Gasteiger partial charge < -0.3 is 10.1 Å². The van der Waals surface area contributed by atoms with Crippen LogP contribution in [0.15, 0.2) is 39.9 Å². The SMILES string of the molecule is O=C(COC(=O)Cc1ccsc1)Nc1cc(S(=O)(=O)N2CCCCCC2)ccc1Cl. The summed E-state index contributed by atoms with van der Waals surface area (Å²) in [4.78, 5) is 24.1. The van der Waals surface area contributed by atoms with Crippen LogP contribution in [0.4, 0.5) is 5.69 Å². The summed E-state index contributed by atoms with van der Waals surface area (Å²) in [5, 5.41) is 6.40. The Bertz CT molecular complexity index is 985. The van der Waals surface area contributed by atoms with E-state index in [1.807, 2.05) is 16.8 Å². The fourth-order valence-electron chi connectivity index (χ4n) is 3.13. The van der Waals surface area contributed by atoms with Crippen LogP contribution in [-0.2, 0) is 30.8 Å². The summed E-state index contributed by atoms with van der Waals surface area (Å²) < 4.78 is 32.4. The maximum Gasteiger partial charge on any atom is 0.310 e. The highest BCUT2D eigenvalue weighted by atomic mass is 35.5. The second kappa shape index (κ2) is 10.4. The lowest BCUT2D eigenvalue weighted by Crippen LogP contribution is -2.32. The van der Waals surface area contributed by atoms with E-state index in [4.69, 9.17) is 16.3 Å². The first-order valence-electron chi connectivity index (χ1n) is 9.62. The van der Waals surface area contributed by atoms with Crippen molar-refractivity contribution in [1.29, 1.82) is 0 Å². The number of thiophene rings is 1. The number of anilines is 1. The smallest absolute Gasteiger partial charge is 0.310 e. The van der Waals surface area contributed by atoms with E-state index in [-0.39, 0.29) is 22.0 Å². The number of sulfonamides is 1. The second-order valence-corrected chi connectivity index (χ2v) is 10.1. The van der Waals surface area contributed by atoms with Crippen molar-refractivity contribution in [3.05, 3.63) is 45.6 Å². The Morgan fingerprint density at radius 1 is 1.13 bits per heavy atom. The van der Waals surface area contributed by atoms with E-state index in [0.717, 1.165) is 31.2 Å². The molecule has 3 rings (SSSR count). The van der Waals surface area contributed by atoms with Crippen molar-refractivity contribution in [2.45, 2.75) is 37.0 Å². The molecule has 1 aromatic heterocycles. The number of ether oxygens (including phenoxy) is 1. The van der Waals surface area contributed by atoms with Gasteiger partial charge in [-0.2, -0.15) is 15.6 Å². The molecule has 1 aliphatic rings. The number of benzene rings is 1. The zero-order chi connectivity index (χ0) is 21.6. The average Bonchev–Trinajstić information content (AvgIpc) is 3.06. The average molecular weight is 471 g/mol. The molecule has 1 aromatic carbocycles. The van der Waals surface area contributed by atoms with Gasteiger partial charge in [-0.3, -0.25) is 9.59 Å². The van der Waals surface area contributed by atoms with Crippen LogP contribution in [0.3, 0.4) is 0 Å². The molecule has 0 unspecified atom stereocenters. The van der Waals surface area contributed by atoms with Gasteiger partial charge in [-0.15, -0.1) is 0 Å². The number of rotatable bonds is 7. The lowest BCUT2D eigenvalue weighted by atomic mass is 10.2. The molecule has 1 amide bonds. The summed E-state index contributed by atoms with van der Waals surface area (Å²) in [6.07, 6.45) is 3.76. The van der Waals surface area contributed by atoms with E-state index in [1.54, 1.807) is 0 Å². The summed E-state index contributed by atoms with van der Waals surface area (Å²) in [6, 6.07) is 6.01. The van der Waals surface area contributed by atoms with Crippen LogP contribution in [0.1, 0.15) is 31.2 Å². The molecule has 0 spiro atoms. The summed E-state index contributed by atoms with van der Waals surface area (Å²) in [5.41, 5.74) is 0.978. The number of halogens is 1. The molecule has 0 aliphatic carbocycles. The summed E-state index contributed by atoms with van der Waals surface area (Å²) in [7, 11) is -3.68. The molecular formula is C20H23ClN2O5S2. The third-order valence-corrected chi connectivity index (χ3v) is 7.66. The lowest BCUT2D eigenvalue weighted by molar-refractivity contribution is -0.146. The van der Waals surface area contributed by atoms with Gasteiger partial charge in [0, 0.05) is 13.1 Å². The van der Waals surface area contributed by atoms with Crippen molar-refractivity contribution in [2.75, 3.05) is 25.0 Å². The fraction of sp³-hybridized carbons (Fsp3) is 0.400. The van der Waals surface area contributed by atoms with Gasteiger partial charge in [0.15, 0.2) is 6.61 Å². The Hall–Kier alpha value is -1.94. The zero-order valence-electron chi connectivity index (χ0n) is 16.3. The molecule has 2 aromatic rings. The van der Waals surface area contributed by atoms with Gasteiger partial charge in [0.2, 0.25) is 10.0 Å². The fourth-order valence-corrected chi connectivity index (χ4v) is 5.51. The molecule has 30 heavy (non-hydrogen) atoms. The van der Waals surface area contributed by atoms with Crippen molar-refractivity contribution in [3.8, 4) is 0 Å². The molecule has 0 radical (unpaired) electrons. The van der Waals surface area contributed by atoms with Crippen molar-refractivity contribution >= 4 is 50.5 Å². The number of carbonyl (C=O) groups is 2. The van der Waals surface area contributed by atoms with Crippen molar-refractivity contribution in [2.24, 2.45) is 0 Å². The van der Waals surface area contributed by atoms with Crippen LogP contribution in [0, 0.1) is 0 Å². The predicted octanol–water partition coefficient (Wildman–Crippen LogP) is 3.69. The maximum atomic E-state index is 13.0. The second-order valence-electron chi connectivity index (χ2n) is 6.98. The van der Waals surface area contributed by atoms with Crippen LogP contribution in [0.25, 0.3) is 0 Å². The third kappa shape index (κ3) is 6.04. The van der Waals surface area contributed by atoms with Gasteiger partial charge in [0.25, 0.3) is 5.91 Å². The van der Waals surface area contributed by atoms with E-state index in [2.05, 4.69) is 5.32 Å². The van der Waals surface area contributed by atoms with Gasteiger partial charge >= 0.3 is 5.97 Å². The van der Waals surface area contributed by atoms with Gasteiger partial charge in [-0.25, -0.2) is 8.42 Å². The minimum Gasteiger partial charge on any atom is -0.455 e. The highest BCUT2D eigenvalue weighted by molar-refractivity contribution is 7.89. The van der Waals surface area contributed by atoms with Gasteiger partial charge in [0.1, 0.15) is 0 Å². The monoisotopic (exact) mass is 470 g/mol. The Kier molecular flexibility index (Phi) is 7.87. The van der Waals surface area contributed by atoms with Crippen LogP contribution < -0.4 is 5.32 Å². The van der Waals surface area contributed by atoms with Crippen molar-refractivity contribution in [1.82, 2.24) is 4.31 Å². The highest BCUT2D eigenvalue weighted by Crippen LogP contribution is 2.28. The minimum absolute atomic E-state index is 0.0681. The van der Waals surface area contributed by atoms with Crippen molar-refractivity contribution < 1.29 is 22.7 Å². The number of esters is 1. The first-order chi connectivity index (χ1) is 14.4. The molecule has 10 heteroatoms. The maximum absolute atomic E-state index is 13.0. The molecule has 0 bridgehead atoms. The summed E-state index contributed by atoms with van der Waals surface area (Å²) >= 11 is 7.60. The normalized spacial score (nSPS) is 15.4. The molecule has 0 atom stereocenters. The highest BCUT2D eigenvalue weighted by Gasteiger charge is 2.26. The standard InChI is InChI=1S/C20H23ClN2O5S2/c21-17-6-5-16(30(26,27)23-8-3-1-2-4-9-23)12-18(17)22-19(24)13-28-20(25)11-15-7-10-29-14-15/h5-7,10,12,14H,1-4,8-9,11,13H2,(H,22,24). The number of hydrogen-bond acceptors (Lipinski definition) is 6. The predicted molar refractivity (Wildman–Crippen MR) is 116 cm³/mol. The summed E-state index contributed by atoms with van der Waals surface area (Å²) in [6.45, 7) is 0.474. The molecule has 1 fully saturated rings. The molecule has 1 N–H and O–H groups in total. The first kappa shape index (κ1) is 22.7. The van der Waals surface area contributed by atoms with E-state index in [1.165, 1.54) is 33.8 Å². The van der Waals surface area contributed by atoms with Gasteiger partial charge in [-0.05, 0) is 53.4 Å². The Balaban J connectivity index is 1.63. The zero-order valence-corrected chi connectivity index (χ0v) is 18.7. The van der Waals surface area contributed by atoms with E-state index < -0.39 is 28.5 Å². The third-order valence-electron chi connectivity index (χ3n) is 4.71. The molecule has 2 heterocycles. The number of hydrogen-bond donors (Lipinski definition) is 1. The Morgan fingerprint density at radius 2 is 1.87 bits per heavy atom. The topological polar surface area (TPSA) is 92.8 Å². The van der Waals surface area contributed by atoms with E-state index in [0.29, 0.717) is 13.1 Å². The Labute approximate surface area is 185 Å². The number of amides is 1. The van der Waals surface area contributed by atoms with E-state index in [9.17, 15) is 18.0 Å². The minimum atomic E-state index is -3.68. The van der Waals surface area contributed by atoms with Gasteiger partial charge in [-0.1, -0.05) is 24.4 Å². The van der Waals surface area contributed by atoms with Crippen LogP contribution in [0.5, 0.6) is 0 Å². The molecule has 1 aliphatic heterocycles. The van der Waals surface area contributed by atoms with Gasteiger partial charge in [0.05, 0.1) is 22.0 Å². The molecule has 7 nitrogen and oxygen atoms in total. The van der Waals surface area contributed by atoms with Crippen LogP contribution >= 0.6 is 22.9 Å². The largest absolute Gasteiger partial charge is 0.455 e. The lowest BCUT2D eigenvalue weighted by Gasteiger charge is -2.20. The quantitative estimate of drug-likeness (QED) is 0.623. The number of nitrogens with zero attached hydrogens (tertiary/aromatic N) is 1. The molecule has 0 saturated carbocycles. The van der Waals surface area contributed by atoms with Crippen molar-refractivity contribution in [3.63, 3.8) is 0 Å².